The third kappa shape index (κ3) is 3.09. The fourth-order valence-electron chi connectivity index (χ4n) is 2.97. The molecule has 0 saturated heterocycles. The number of methoxy groups -OCH3 is 1. The van der Waals surface area contributed by atoms with Crippen LogP contribution in [0.1, 0.15) is 16.7 Å². The first-order valence-corrected chi connectivity index (χ1v) is 8.48. The Kier molecular flexibility index (Phi) is 4.23. The van der Waals surface area contributed by atoms with Gasteiger partial charge in [-0.3, -0.25) is 0 Å². The lowest BCUT2D eigenvalue weighted by Gasteiger charge is -2.07. The number of para-hydroxylation sites is 1. The zero-order valence-corrected chi connectivity index (χ0v) is 14.8. The summed E-state index contributed by atoms with van der Waals surface area (Å²) in [6, 6.07) is 22.3. The van der Waals surface area contributed by atoms with E-state index in [1.54, 1.807) is 7.11 Å². The van der Waals surface area contributed by atoms with Crippen LogP contribution in [0.4, 0.5) is 0 Å². The van der Waals surface area contributed by atoms with Crippen LogP contribution in [0.5, 0.6) is 5.75 Å². The summed E-state index contributed by atoms with van der Waals surface area (Å²) in [5.41, 5.74) is 6.38. The molecule has 3 aromatic carbocycles. The largest absolute Gasteiger partial charge is 0.497 e. The fraction of sp³-hybridized carbons (Fsp3) is 0.0909. The van der Waals surface area contributed by atoms with Gasteiger partial charge in [-0.15, -0.1) is 5.10 Å². The lowest BCUT2D eigenvalue weighted by Crippen LogP contribution is -1.99. The molecule has 0 radical (unpaired) electrons. The van der Waals surface area contributed by atoms with Crippen molar-refractivity contribution < 1.29 is 4.74 Å². The van der Waals surface area contributed by atoms with Crippen LogP contribution in [0.15, 0.2) is 66.7 Å². The summed E-state index contributed by atoms with van der Waals surface area (Å²) in [6.45, 7) is 2.09. The van der Waals surface area contributed by atoms with E-state index in [0.29, 0.717) is 0 Å². The van der Waals surface area contributed by atoms with Gasteiger partial charge < -0.3 is 4.74 Å². The smallest absolute Gasteiger partial charge is 0.118 e. The highest BCUT2D eigenvalue weighted by Gasteiger charge is 2.08. The summed E-state index contributed by atoms with van der Waals surface area (Å²) in [5, 5.41) is 8.54. The maximum atomic E-state index is 5.19. The van der Waals surface area contributed by atoms with Gasteiger partial charge in [0, 0.05) is 0 Å². The van der Waals surface area contributed by atoms with Crippen molar-refractivity contribution >= 4 is 23.2 Å². The molecule has 128 valence electrons. The molecule has 0 fully saturated rings. The SMILES string of the molecule is COc1ccc(/C=C/c2ccc(-n3nnc4ccccc43)c(C)c2)cc1. The fourth-order valence-corrected chi connectivity index (χ4v) is 2.97. The summed E-state index contributed by atoms with van der Waals surface area (Å²) in [6.07, 6.45) is 4.21. The number of hydrogen-bond acceptors (Lipinski definition) is 3. The molecule has 4 rings (SSSR count). The van der Waals surface area contributed by atoms with Crippen molar-refractivity contribution in [1.82, 2.24) is 15.0 Å². The predicted octanol–water partition coefficient (Wildman–Crippen LogP) is 4.91. The van der Waals surface area contributed by atoms with E-state index < -0.39 is 0 Å². The molecular formula is C22H19N3O. The Balaban J connectivity index is 1.62. The molecule has 0 aliphatic heterocycles. The van der Waals surface area contributed by atoms with Crippen LogP contribution >= 0.6 is 0 Å². The standard InChI is InChI=1S/C22H19N3O/c1-16-15-18(8-7-17-9-12-19(26-2)13-10-17)11-14-21(16)25-22-6-4-3-5-20(22)23-24-25/h3-15H,1-2H3/b8-7+. The van der Waals surface area contributed by atoms with Gasteiger partial charge in [0.15, 0.2) is 0 Å². The Bertz CT molecular complexity index is 1080. The van der Waals surface area contributed by atoms with Crippen molar-refractivity contribution in [2.75, 3.05) is 7.11 Å². The highest BCUT2D eigenvalue weighted by molar-refractivity contribution is 5.77. The van der Waals surface area contributed by atoms with E-state index in [-0.39, 0.29) is 0 Å². The number of fused-ring (bicyclic) bond motifs is 1. The van der Waals surface area contributed by atoms with E-state index >= 15 is 0 Å². The molecule has 4 nitrogen and oxygen atoms in total. The molecular weight excluding hydrogens is 322 g/mol. The molecule has 0 N–H and O–H groups in total. The lowest BCUT2D eigenvalue weighted by atomic mass is 10.1. The summed E-state index contributed by atoms with van der Waals surface area (Å²) < 4.78 is 7.08. The normalized spacial score (nSPS) is 11.3. The van der Waals surface area contributed by atoms with Gasteiger partial charge in [-0.1, -0.05) is 47.7 Å². The average molecular weight is 341 g/mol. The summed E-state index contributed by atoms with van der Waals surface area (Å²) in [5.74, 6) is 0.863. The van der Waals surface area contributed by atoms with E-state index in [2.05, 4.69) is 47.6 Å². The first kappa shape index (κ1) is 16.1. The van der Waals surface area contributed by atoms with Crippen LogP contribution in [-0.2, 0) is 0 Å². The minimum Gasteiger partial charge on any atom is -0.497 e. The second-order valence-electron chi connectivity index (χ2n) is 6.14. The van der Waals surface area contributed by atoms with Crippen molar-refractivity contribution in [3.8, 4) is 11.4 Å². The third-order valence-corrected chi connectivity index (χ3v) is 4.38. The van der Waals surface area contributed by atoms with Crippen LogP contribution in [0.3, 0.4) is 0 Å². The summed E-state index contributed by atoms with van der Waals surface area (Å²) >= 11 is 0. The average Bonchev–Trinajstić information content (AvgIpc) is 3.11. The van der Waals surface area contributed by atoms with Crippen LogP contribution < -0.4 is 4.74 Å². The molecule has 0 unspecified atom stereocenters. The number of ether oxygens (including phenoxy) is 1. The number of rotatable bonds is 4. The molecule has 0 amide bonds. The maximum absolute atomic E-state index is 5.19. The molecule has 0 bridgehead atoms. The van der Waals surface area contributed by atoms with E-state index in [4.69, 9.17) is 4.74 Å². The maximum Gasteiger partial charge on any atom is 0.118 e. The molecule has 1 heterocycles. The zero-order valence-electron chi connectivity index (χ0n) is 14.8. The van der Waals surface area contributed by atoms with E-state index in [0.717, 1.165) is 39.2 Å². The number of hydrogen-bond donors (Lipinski definition) is 0. The van der Waals surface area contributed by atoms with Crippen molar-refractivity contribution in [3.05, 3.63) is 83.4 Å². The highest BCUT2D eigenvalue weighted by atomic mass is 16.5. The molecule has 26 heavy (non-hydrogen) atoms. The molecule has 4 heteroatoms. The molecule has 1 aromatic heterocycles. The number of benzene rings is 3. The summed E-state index contributed by atoms with van der Waals surface area (Å²) in [7, 11) is 1.67. The van der Waals surface area contributed by atoms with Gasteiger partial charge in [-0.2, -0.15) is 0 Å². The zero-order chi connectivity index (χ0) is 17.9. The molecule has 0 saturated carbocycles. The highest BCUT2D eigenvalue weighted by Crippen LogP contribution is 2.21. The second-order valence-corrected chi connectivity index (χ2v) is 6.14. The first-order valence-electron chi connectivity index (χ1n) is 8.48. The quantitative estimate of drug-likeness (QED) is 0.495. The Hall–Kier alpha value is -3.40. The van der Waals surface area contributed by atoms with Crippen LogP contribution in [0, 0.1) is 6.92 Å². The van der Waals surface area contributed by atoms with Crippen molar-refractivity contribution in [2.24, 2.45) is 0 Å². The summed E-state index contributed by atoms with van der Waals surface area (Å²) in [4.78, 5) is 0. The number of aromatic nitrogens is 3. The van der Waals surface area contributed by atoms with Crippen LogP contribution in [-0.4, -0.2) is 22.1 Å². The van der Waals surface area contributed by atoms with Gasteiger partial charge in [0.1, 0.15) is 11.3 Å². The Labute approximate surface area is 152 Å². The predicted molar refractivity (Wildman–Crippen MR) is 106 cm³/mol. The van der Waals surface area contributed by atoms with Gasteiger partial charge in [-0.05, 0) is 60.0 Å². The second kappa shape index (κ2) is 6.84. The Morgan fingerprint density at radius 3 is 2.38 bits per heavy atom. The molecule has 0 atom stereocenters. The third-order valence-electron chi connectivity index (χ3n) is 4.38. The lowest BCUT2D eigenvalue weighted by molar-refractivity contribution is 0.415. The van der Waals surface area contributed by atoms with E-state index in [9.17, 15) is 0 Å². The molecule has 0 spiro atoms. The Morgan fingerprint density at radius 2 is 1.62 bits per heavy atom. The minimum absolute atomic E-state index is 0.863. The minimum atomic E-state index is 0.863. The van der Waals surface area contributed by atoms with Gasteiger partial charge in [0.25, 0.3) is 0 Å². The van der Waals surface area contributed by atoms with Crippen LogP contribution in [0.25, 0.3) is 28.9 Å². The monoisotopic (exact) mass is 341 g/mol. The van der Waals surface area contributed by atoms with Crippen molar-refractivity contribution in [2.45, 2.75) is 6.92 Å². The van der Waals surface area contributed by atoms with Gasteiger partial charge in [0.05, 0.1) is 18.3 Å². The molecule has 4 aromatic rings. The number of aryl methyl sites for hydroxylation is 1. The first-order chi connectivity index (χ1) is 12.7. The van der Waals surface area contributed by atoms with Crippen LogP contribution in [0.2, 0.25) is 0 Å². The van der Waals surface area contributed by atoms with Gasteiger partial charge in [0.2, 0.25) is 0 Å². The van der Waals surface area contributed by atoms with E-state index in [1.807, 2.05) is 53.2 Å². The van der Waals surface area contributed by atoms with Gasteiger partial charge in [-0.25, -0.2) is 4.68 Å². The van der Waals surface area contributed by atoms with E-state index in [1.165, 1.54) is 0 Å². The van der Waals surface area contributed by atoms with Crippen molar-refractivity contribution in [3.63, 3.8) is 0 Å². The van der Waals surface area contributed by atoms with Gasteiger partial charge >= 0.3 is 0 Å². The Morgan fingerprint density at radius 1 is 0.885 bits per heavy atom. The molecule has 0 aliphatic carbocycles. The van der Waals surface area contributed by atoms with Crippen molar-refractivity contribution in [1.29, 1.82) is 0 Å². The molecule has 0 aliphatic rings. The topological polar surface area (TPSA) is 39.9 Å². The number of nitrogens with zero attached hydrogens (tertiary/aromatic N) is 3.